The van der Waals surface area contributed by atoms with E-state index >= 15 is 0 Å². The van der Waals surface area contributed by atoms with Crippen molar-refractivity contribution in [2.24, 2.45) is 0 Å². The topological polar surface area (TPSA) is 67.4 Å². The predicted molar refractivity (Wildman–Crippen MR) is 114 cm³/mol. The highest BCUT2D eigenvalue weighted by Gasteiger charge is 2.22. The Morgan fingerprint density at radius 2 is 1.59 bits per heavy atom. The van der Waals surface area contributed by atoms with Crippen LogP contribution in [0.1, 0.15) is 16.4 Å². The van der Waals surface area contributed by atoms with E-state index < -0.39 is 11.2 Å². The smallest absolute Gasteiger partial charge is 0.276 e. The normalized spacial score (nSPS) is 11.3. The molecule has 148 valence electrons. The standard InChI is InChI=1S/C23H22N2O3S/c1-17-9-8-12-19(15-17)28-16-21(26)24-25-23(27)22(18-10-4-2-5-11-18)29-20-13-6-3-7-14-20/h2-15,22H,16H2,1H3,(H,24,26)(H,25,27)/t22-/m1/s1. The van der Waals surface area contributed by atoms with Crippen LogP contribution in [0.5, 0.6) is 5.75 Å². The van der Waals surface area contributed by atoms with Crippen molar-refractivity contribution in [1.29, 1.82) is 0 Å². The lowest BCUT2D eigenvalue weighted by atomic mass is 10.1. The number of ether oxygens (including phenoxy) is 1. The summed E-state index contributed by atoms with van der Waals surface area (Å²) in [5, 5.41) is -0.503. The third-order valence-corrected chi connectivity index (χ3v) is 5.29. The molecule has 29 heavy (non-hydrogen) atoms. The van der Waals surface area contributed by atoms with Crippen LogP contribution in [0.3, 0.4) is 0 Å². The Morgan fingerprint density at radius 1 is 0.897 bits per heavy atom. The molecule has 1 atom stereocenters. The molecule has 0 aromatic heterocycles. The van der Waals surface area contributed by atoms with Crippen molar-refractivity contribution in [1.82, 2.24) is 10.9 Å². The predicted octanol–water partition coefficient (Wildman–Crippen LogP) is 4.05. The molecule has 0 spiro atoms. The van der Waals surface area contributed by atoms with Crippen molar-refractivity contribution in [3.63, 3.8) is 0 Å². The number of nitrogens with one attached hydrogen (secondary N) is 2. The fraction of sp³-hybridized carbons (Fsp3) is 0.130. The molecule has 0 unspecified atom stereocenters. The molecule has 0 saturated carbocycles. The lowest BCUT2D eigenvalue weighted by Gasteiger charge is -2.17. The molecule has 3 aromatic carbocycles. The van der Waals surface area contributed by atoms with Gasteiger partial charge >= 0.3 is 0 Å². The molecule has 3 aromatic rings. The summed E-state index contributed by atoms with van der Waals surface area (Å²) in [6.07, 6.45) is 0. The van der Waals surface area contributed by atoms with Crippen molar-refractivity contribution < 1.29 is 14.3 Å². The maximum atomic E-state index is 12.8. The Kier molecular flexibility index (Phi) is 7.30. The molecular formula is C23H22N2O3S. The summed E-state index contributed by atoms with van der Waals surface area (Å²) >= 11 is 1.42. The number of amides is 2. The summed E-state index contributed by atoms with van der Waals surface area (Å²) < 4.78 is 5.45. The number of benzene rings is 3. The minimum atomic E-state index is -0.503. The van der Waals surface area contributed by atoms with E-state index in [4.69, 9.17) is 4.74 Å². The summed E-state index contributed by atoms with van der Waals surface area (Å²) in [7, 11) is 0. The fourth-order valence-electron chi connectivity index (χ4n) is 2.62. The fourth-order valence-corrected chi connectivity index (χ4v) is 3.67. The second-order valence-corrected chi connectivity index (χ2v) is 7.54. The first-order valence-corrected chi connectivity index (χ1v) is 10.0. The molecule has 0 radical (unpaired) electrons. The second kappa shape index (κ2) is 10.3. The molecule has 6 heteroatoms. The molecule has 0 aliphatic rings. The quantitative estimate of drug-likeness (QED) is 0.459. The summed E-state index contributed by atoms with van der Waals surface area (Å²) in [6.45, 7) is 1.76. The van der Waals surface area contributed by atoms with Gasteiger partial charge in [-0.3, -0.25) is 20.4 Å². The lowest BCUT2D eigenvalue weighted by molar-refractivity contribution is -0.129. The monoisotopic (exact) mass is 406 g/mol. The number of hydrogen-bond donors (Lipinski definition) is 2. The largest absolute Gasteiger partial charge is 0.484 e. The van der Waals surface area contributed by atoms with Crippen LogP contribution in [0.2, 0.25) is 0 Å². The van der Waals surface area contributed by atoms with Crippen LogP contribution in [0.4, 0.5) is 0 Å². The molecule has 2 amide bonds. The van der Waals surface area contributed by atoms with E-state index in [-0.39, 0.29) is 12.5 Å². The zero-order chi connectivity index (χ0) is 20.5. The molecule has 0 aliphatic heterocycles. The van der Waals surface area contributed by atoms with Crippen LogP contribution >= 0.6 is 11.8 Å². The van der Waals surface area contributed by atoms with Gasteiger partial charge in [0.1, 0.15) is 11.0 Å². The first kappa shape index (κ1) is 20.5. The third kappa shape index (κ3) is 6.40. The van der Waals surface area contributed by atoms with Gasteiger partial charge in [-0.2, -0.15) is 0 Å². The van der Waals surface area contributed by atoms with Gasteiger partial charge in [-0.1, -0.05) is 60.7 Å². The summed E-state index contributed by atoms with van der Waals surface area (Å²) in [6, 6.07) is 26.5. The third-order valence-electron chi connectivity index (χ3n) is 4.02. The number of hydrazine groups is 1. The summed E-state index contributed by atoms with van der Waals surface area (Å²) in [5.41, 5.74) is 6.83. The first-order chi connectivity index (χ1) is 14.1. The molecular weight excluding hydrogens is 384 g/mol. The van der Waals surface area contributed by atoms with E-state index in [9.17, 15) is 9.59 Å². The van der Waals surface area contributed by atoms with Gasteiger partial charge in [-0.25, -0.2) is 0 Å². The van der Waals surface area contributed by atoms with Gasteiger partial charge in [0.2, 0.25) is 0 Å². The number of carbonyl (C=O) groups is 2. The van der Waals surface area contributed by atoms with Crippen molar-refractivity contribution in [2.45, 2.75) is 17.1 Å². The van der Waals surface area contributed by atoms with Gasteiger partial charge in [-0.15, -0.1) is 11.8 Å². The summed E-state index contributed by atoms with van der Waals surface area (Å²) in [4.78, 5) is 25.8. The van der Waals surface area contributed by atoms with Crippen LogP contribution in [-0.2, 0) is 9.59 Å². The van der Waals surface area contributed by atoms with E-state index in [1.165, 1.54) is 11.8 Å². The van der Waals surface area contributed by atoms with E-state index in [1.807, 2.05) is 85.8 Å². The minimum absolute atomic E-state index is 0.189. The van der Waals surface area contributed by atoms with E-state index in [2.05, 4.69) is 10.9 Å². The highest BCUT2D eigenvalue weighted by Crippen LogP contribution is 2.35. The van der Waals surface area contributed by atoms with Gasteiger partial charge in [0.25, 0.3) is 11.8 Å². The maximum Gasteiger partial charge on any atom is 0.276 e. The number of rotatable bonds is 7. The van der Waals surface area contributed by atoms with Gasteiger partial charge in [0.05, 0.1) is 0 Å². The van der Waals surface area contributed by atoms with Crippen molar-refractivity contribution in [2.75, 3.05) is 6.61 Å². The Labute approximate surface area is 174 Å². The molecule has 3 rings (SSSR count). The second-order valence-electron chi connectivity index (χ2n) is 6.36. The van der Waals surface area contributed by atoms with E-state index in [0.717, 1.165) is 16.0 Å². The number of hydrogen-bond acceptors (Lipinski definition) is 4. The number of aryl methyl sites for hydroxylation is 1. The highest BCUT2D eigenvalue weighted by atomic mass is 32.2. The van der Waals surface area contributed by atoms with Crippen LogP contribution < -0.4 is 15.6 Å². The molecule has 5 nitrogen and oxygen atoms in total. The van der Waals surface area contributed by atoms with Crippen molar-refractivity contribution in [3.05, 3.63) is 96.1 Å². The molecule has 0 aliphatic carbocycles. The Hall–Kier alpha value is -3.25. The zero-order valence-corrected chi connectivity index (χ0v) is 16.8. The SMILES string of the molecule is Cc1cccc(OCC(=O)NNC(=O)[C@H](Sc2ccccc2)c2ccccc2)c1. The Balaban J connectivity index is 1.58. The molecule has 0 heterocycles. The number of thioether (sulfide) groups is 1. The van der Waals surface area contributed by atoms with Crippen LogP contribution in [-0.4, -0.2) is 18.4 Å². The van der Waals surface area contributed by atoms with Crippen LogP contribution in [0.15, 0.2) is 89.8 Å². The van der Waals surface area contributed by atoms with Crippen molar-refractivity contribution in [3.8, 4) is 5.75 Å². The maximum absolute atomic E-state index is 12.8. The van der Waals surface area contributed by atoms with Crippen LogP contribution in [0.25, 0.3) is 0 Å². The number of carbonyl (C=O) groups excluding carboxylic acids is 2. The van der Waals surface area contributed by atoms with Crippen LogP contribution in [0, 0.1) is 6.92 Å². The molecule has 2 N–H and O–H groups in total. The first-order valence-electron chi connectivity index (χ1n) is 9.16. The van der Waals surface area contributed by atoms with Gasteiger partial charge < -0.3 is 4.74 Å². The highest BCUT2D eigenvalue weighted by molar-refractivity contribution is 8.00. The molecule has 0 bridgehead atoms. The average molecular weight is 407 g/mol. The van der Waals surface area contributed by atoms with Gasteiger partial charge in [0.15, 0.2) is 6.61 Å². The zero-order valence-electron chi connectivity index (χ0n) is 16.0. The van der Waals surface area contributed by atoms with Gasteiger partial charge in [0, 0.05) is 4.90 Å². The minimum Gasteiger partial charge on any atom is -0.484 e. The Morgan fingerprint density at radius 3 is 2.28 bits per heavy atom. The van der Waals surface area contributed by atoms with Crippen molar-refractivity contribution >= 4 is 23.6 Å². The lowest BCUT2D eigenvalue weighted by Crippen LogP contribution is -2.45. The average Bonchev–Trinajstić information content (AvgIpc) is 2.76. The molecule has 0 fully saturated rings. The summed E-state index contributed by atoms with van der Waals surface area (Å²) in [5.74, 6) is -0.140. The molecule has 0 saturated heterocycles. The van der Waals surface area contributed by atoms with E-state index in [0.29, 0.717) is 5.75 Å². The van der Waals surface area contributed by atoms with E-state index in [1.54, 1.807) is 6.07 Å². The Bertz CT molecular complexity index is 949. The van der Waals surface area contributed by atoms with Gasteiger partial charge in [-0.05, 0) is 42.3 Å².